The molecule has 0 unspecified atom stereocenters. The van der Waals surface area contributed by atoms with E-state index in [4.69, 9.17) is 0 Å². The van der Waals surface area contributed by atoms with Gasteiger partial charge in [-0.15, -0.1) is 11.3 Å². The number of amides is 1. The van der Waals surface area contributed by atoms with Crippen LogP contribution in [0, 0.1) is 11.6 Å². The third-order valence-corrected chi connectivity index (χ3v) is 5.44. The number of pyridine rings is 1. The van der Waals surface area contributed by atoms with Crippen LogP contribution in [0.1, 0.15) is 26.6 Å². The van der Waals surface area contributed by atoms with Crippen LogP contribution in [0.25, 0.3) is 0 Å². The Balaban J connectivity index is 1.58. The van der Waals surface area contributed by atoms with E-state index in [1.807, 2.05) is 28.1 Å². The fraction of sp³-hybridized carbons (Fsp3) is 0.136. The van der Waals surface area contributed by atoms with Gasteiger partial charge in [0, 0.05) is 37.9 Å². The topological polar surface area (TPSA) is 51.0 Å². The van der Waals surface area contributed by atoms with Crippen LogP contribution in [0.3, 0.4) is 0 Å². The van der Waals surface area contributed by atoms with Crippen LogP contribution in [0.4, 0.5) is 8.78 Å². The number of thiophene rings is 1. The lowest BCUT2D eigenvalue weighted by atomic mass is 10.2. The number of halogens is 2. The maximum atomic E-state index is 13.6. The van der Waals surface area contributed by atoms with Gasteiger partial charge in [-0.1, -0.05) is 18.2 Å². The Morgan fingerprint density at radius 2 is 1.93 bits per heavy atom. The van der Waals surface area contributed by atoms with E-state index in [9.17, 15) is 13.6 Å². The van der Waals surface area contributed by atoms with Crippen molar-refractivity contribution in [3.8, 4) is 0 Å². The summed E-state index contributed by atoms with van der Waals surface area (Å²) >= 11 is 1.38. The first-order valence-electron chi connectivity index (χ1n) is 9.26. The van der Waals surface area contributed by atoms with Crippen LogP contribution in [0.15, 0.2) is 72.6 Å². The highest BCUT2D eigenvalue weighted by Crippen LogP contribution is 2.18. The lowest BCUT2D eigenvalue weighted by molar-refractivity contribution is 0.0728. The molecule has 0 spiro atoms. The Hall–Kier alpha value is -3.39. The third-order valence-electron chi connectivity index (χ3n) is 4.59. The normalized spacial score (nSPS) is 10.9. The molecule has 0 bridgehead atoms. The van der Waals surface area contributed by atoms with E-state index in [0.717, 1.165) is 11.6 Å². The first kappa shape index (κ1) is 19.9. The minimum atomic E-state index is -0.889. The number of rotatable bonds is 7. The fourth-order valence-electron chi connectivity index (χ4n) is 3.11. The maximum absolute atomic E-state index is 13.6. The molecule has 4 rings (SSSR count). The van der Waals surface area contributed by atoms with Crippen molar-refractivity contribution in [2.24, 2.45) is 0 Å². The zero-order valence-electron chi connectivity index (χ0n) is 15.9. The van der Waals surface area contributed by atoms with Gasteiger partial charge in [0.25, 0.3) is 5.91 Å². The van der Waals surface area contributed by atoms with Crippen LogP contribution in [-0.4, -0.2) is 25.3 Å². The van der Waals surface area contributed by atoms with Crippen molar-refractivity contribution in [1.29, 1.82) is 0 Å². The van der Waals surface area contributed by atoms with Gasteiger partial charge in [0.05, 0.1) is 11.4 Å². The molecule has 30 heavy (non-hydrogen) atoms. The largest absolute Gasteiger partial charge is 0.329 e. The van der Waals surface area contributed by atoms with E-state index >= 15 is 0 Å². The summed E-state index contributed by atoms with van der Waals surface area (Å²) in [5.74, 6) is -1.22. The average Bonchev–Trinajstić information content (AvgIpc) is 3.43. The Kier molecular flexibility index (Phi) is 5.94. The summed E-state index contributed by atoms with van der Waals surface area (Å²) in [4.78, 5) is 23.9. The standard InChI is InChI=1S/C22H18F2N4OS/c23-18-6-5-16(11-19(18)24)13-27-9-8-26-21(27)15-28(14-17-3-1-7-25-12-17)22(29)20-4-2-10-30-20/h1-12H,13-15H2. The molecule has 0 aliphatic rings. The molecule has 5 nitrogen and oxygen atoms in total. The minimum absolute atomic E-state index is 0.101. The zero-order chi connectivity index (χ0) is 20.9. The van der Waals surface area contributed by atoms with Gasteiger partial charge in [0.15, 0.2) is 11.6 Å². The van der Waals surface area contributed by atoms with Crippen LogP contribution in [0.2, 0.25) is 0 Å². The first-order valence-corrected chi connectivity index (χ1v) is 10.1. The summed E-state index contributed by atoms with van der Waals surface area (Å²) in [6, 6.07) is 11.2. The summed E-state index contributed by atoms with van der Waals surface area (Å²) in [6.07, 6.45) is 6.80. The van der Waals surface area contributed by atoms with Crippen LogP contribution >= 0.6 is 11.3 Å². The molecule has 1 aromatic carbocycles. The molecule has 0 saturated heterocycles. The molecule has 0 atom stereocenters. The van der Waals surface area contributed by atoms with Crippen molar-refractivity contribution < 1.29 is 13.6 Å². The molecule has 1 amide bonds. The molecular formula is C22H18F2N4OS. The van der Waals surface area contributed by atoms with Gasteiger partial charge in [-0.3, -0.25) is 9.78 Å². The number of benzene rings is 1. The molecule has 0 N–H and O–H groups in total. The van der Waals surface area contributed by atoms with Crippen molar-refractivity contribution in [2.45, 2.75) is 19.6 Å². The Morgan fingerprint density at radius 1 is 1.03 bits per heavy atom. The Bertz CT molecular complexity index is 1130. The van der Waals surface area contributed by atoms with Crippen molar-refractivity contribution in [1.82, 2.24) is 19.4 Å². The molecule has 0 fully saturated rings. The molecular weight excluding hydrogens is 406 g/mol. The smallest absolute Gasteiger partial charge is 0.264 e. The molecule has 0 radical (unpaired) electrons. The summed E-state index contributed by atoms with van der Waals surface area (Å²) in [5, 5.41) is 1.86. The molecule has 0 aliphatic heterocycles. The lowest BCUT2D eigenvalue weighted by Gasteiger charge is -2.22. The fourth-order valence-corrected chi connectivity index (χ4v) is 3.80. The summed E-state index contributed by atoms with van der Waals surface area (Å²) in [5.41, 5.74) is 1.51. The summed E-state index contributed by atoms with van der Waals surface area (Å²) in [7, 11) is 0. The number of aromatic nitrogens is 3. The van der Waals surface area contributed by atoms with E-state index in [1.165, 1.54) is 23.5 Å². The van der Waals surface area contributed by atoms with Gasteiger partial charge in [-0.2, -0.15) is 0 Å². The molecule has 0 aliphatic carbocycles. The number of hydrogen-bond acceptors (Lipinski definition) is 4. The van der Waals surface area contributed by atoms with Gasteiger partial charge >= 0.3 is 0 Å². The first-order chi connectivity index (χ1) is 14.6. The summed E-state index contributed by atoms with van der Waals surface area (Å²) in [6.45, 7) is 0.964. The molecule has 3 heterocycles. The summed E-state index contributed by atoms with van der Waals surface area (Å²) < 4.78 is 28.6. The maximum Gasteiger partial charge on any atom is 0.264 e. The number of carbonyl (C=O) groups is 1. The van der Waals surface area contributed by atoms with Crippen LogP contribution < -0.4 is 0 Å². The predicted octanol–water partition coefficient (Wildman–Crippen LogP) is 4.51. The molecule has 8 heteroatoms. The van der Waals surface area contributed by atoms with Crippen LogP contribution in [-0.2, 0) is 19.6 Å². The van der Waals surface area contributed by atoms with Crippen molar-refractivity contribution in [2.75, 3.05) is 0 Å². The van der Waals surface area contributed by atoms with E-state index in [-0.39, 0.29) is 12.5 Å². The Morgan fingerprint density at radius 3 is 2.67 bits per heavy atom. The van der Waals surface area contributed by atoms with E-state index in [0.29, 0.717) is 29.4 Å². The third kappa shape index (κ3) is 4.60. The monoisotopic (exact) mass is 424 g/mol. The predicted molar refractivity (Wildman–Crippen MR) is 110 cm³/mol. The lowest BCUT2D eigenvalue weighted by Crippen LogP contribution is -2.31. The second-order valence-corrected chi connectivity index (χ2v) is 7.67. The van der Waals surface area contributed by atoms with Gasteiger partial charge in [0.1, 0.15) is 5.82 Å². The SMILES string of the molecule is O=C(c1cccs1)N(Cc1cccnc1)Cc1nccn1Cc1ccc(F)c(F)c1. The number of imidazole rings is 1. The minimum Gasteiger partial charge on any atom is -0.329 e. The highest BCUT2D eigenvalue weighted by atomic mass is 32.1. The Labute approximate surface area is 176 Å². The zero-order valence-corrected chi connectivity index (χ0v) is 16.7. The highest BCUT2D eigenvalue weighted by molar-refractivity contribution is 7.12. The van der Waals surface area contributed by atoms with Gasteiger partial charge in [0.2, 0.25) is 0 Å². The van der Waals surface area contributed by atoms with E-state index in [1.54, 1.807) is 35.8 Å². The van der Waals surface area contributed by atoms with E-state index < -0.39 is 11.6 Å². The molecule has 152 valence electrons. The number of nitrogens with zero attached hydrogens (tertiary/aromatic N) is 4. The van der Waals surface area contributed by atoms with Gasteiger partial charge < -0.3 is 9.47 Å². The van der Waals surface area contributed by atoms with Gasteiger partial charge in [-0.05, 0) is 40.8 Å². The number of hydrogen-bond donors (Lipinski definition) is 0. The second-order valence-electron chi connectivity index (χ2n) is 6.72. The molecule has 4 aromatic rings. The van der Waals surface area contributed by atoms with Gasteiger partial charge in [-0.25, -0.2) is 13.8 Å². The van der Waals surface area contributed by atoms with Crippen LogP contribution in [0.5, 0.6) is 0 Å². The van der Waals surface area contributed by atoms with Crippen molar-refractivity contribution >= 4 is 17.2 Å². The molecule has 0 saturated carbocycles. The highest BCUT2D eigenvalue weighted by Gasteiger charge is 2.20. The van der Waals surface area contributed by atoms with Crippen molar-refractivity contribution in [3.63, 3.8) is 0 Å². The quantitative estimate of drug-likeness (QED) is 0.439. The average molecular weight is 424 g/mol. The molecule has 3 aromatic heterocycles. The van der Waals surface area contributed by atoms with E-state index in [2.05, 4.69) is 9.97 Å². The second kappa shape index (κ2) is 8.96. The van der Waals surface area contributed by atoms with Crippen molar-refractivity contribution in [3.05, 3.63) is 106 Å². The number of carbonyl (C=O) groups excluding carboxylic acids is 1.